The summed E-state index contributed by atoms with van der Waals surface area (Å²) in [5.74, 6) is 0.727. The molecule has 0 radical (unpaired) electrons. The maximum atomic E-state index is 12.3. The second-order valence-electron chi connectivity index (χ2n) is 4.51. The molecule has 0 nitrogen and oxygen atoms in total. The quantitative estimate of drug-likeness (QED) is 0.380. The van der Waals surface area contributed by atoms with Crippen LogP contribution < -0.4 is 0 Å². The van der Waals surface area contributed by atoms with E-state index in [9.17, 15) is 4.39 Å². The monoisotopic (exact) mass is 220 g/mol. The molecule has 0 aliphatic rings. The molecule has 2 atom stereocenters. The van der Waals surface area contributed by atoms with Gasteiger partial charge in [-0.05, 0) is 24.4 Å². The second-order valence-corrected chi connectivity index (χ2v) is 6.01. The van der Waals surface area contributed by atoms with Gasteiger partial charge < -0.3 is 0 Å². The summed E-state index contributed by atoms with van der Waals surface area (Å²) in [5.41, 5.74) is 0.664. The highest BCUT2D eigenvalue weighted by Gasteiger charge is 2.10. The molecule has 0 heterocycles. The van der Waals surface area contributed by atoms with Gasteiger partial charge in [0.1, 0.15) is 6.42 Å². The molecule has 0 rings (SSSR count). The Kier molecular flexibility index (Phi) is 10.2. The molecular formula is C12H26FP. The standard InChI is InChI=1S/C12H26FP/c1-4-5-6-7-8-12(14-10-13)9-11(2)3/h11-12,14H,4-10H2,1-3H3. The molecule has 0 amide bonds. The number of rotatable bonds is 9. The van der Waals surface area contributed by atoms with E-state index in [0.29, 0.717) is 14.2 Å². The van der Waals surface area contributed by atoms with Gasteiger partial charge >= 0.3 is 0 Å². The van der Waals surface area contributed by atoms with E-state index >= 15 is 0 Å². The molecule has 0 aliphatic carbocycles. The summed E-state index contributed by atoms with van der Waals surface area (Å²) in [5, 5.41) is 0. The van der Waals surface area contributed by atoms with E-state index in [0.717, 1.165) is 5.92 Å². The highest BCUT2D eigenvalue weighted by atomic mass is 31.1. The molecule has 0 spiro atoms. The largest absolute Gasteiger partial charge is 0.246 e. The minimum atomic E-state index is -0.106. The maximum absolute atomic E-state index is 12.3. The van der Waals surface area contributed by atoms with Crippen molar-refractivity contribution in [1.29, 1.82) is 0 Å². The lowest BCUT2D eigenvalue weighted by Gasteiger charge is -2.17. The van der Waals surface area contributed by atoms with Crippen molar-refractivity contribution in [2.24, 2.45) is 5.92 Å². The maximum Gasteiger partial charge on any atom is 0.106 e. The normalized spacial score (nSPS) is 14.4. The molecule has 2 unspecified atom stereocenters. The number of hydrogen-bond donors (Lipinski definition) is 0. The SMILES string of the molecule is CCCCCCC(CC(C)C)PCF. The van der Waals surface area contributed by atoms with Crippen LogP contribution in [-0.4, -0.2) is 12.1 Å². The first kappa shape index (κ1) is 14.4. The molecular weight excluding hydrogens is 194 g/mol. The van der Waals surface area contributed by atoms with Gasteiger partial charge in [0, 0.05) is 0 Å². The fourth-order valence-electron chi connectivity index (χ4n) is 1.80. The fourth-order valence-corrected chi connectivity index (χ4v) is 3.06. The number of alkyl halides is 1. The summed E-state index contributed by atoms with van der Waals surface area (Å²) in [4.78, 5) is 0. The summed E-state index contributed by atoms with van der Waals surface area (Å²) in [6.45, 7) is 6.71. The zero-order valence-electron chi connectivity index (χ0n) is 9.98. The van der Waals surface area contributed by atoms with Crippen LogP contribution in [0.2, 0.25) is 0 Å². The van der Waals surface area contributed by atoms with Gasteiger partial charge in [-0.2, -0.15) is 0 Å². The molecule has 2 heteroatoms. The minimum absolute atomic E-state index is 0.106. The van der Waals surface area contributed by atoms with Crippen LogP contribution in [0.5, 0.6) is 0 Å². The Hall–Kier alpha value is 0.360. The molecule has 0 bridgehead atoms. The first-order chi connectivity index (χ1) is 6.70. The van der Waals surface area contributed by atoms with Crippen molar-refractivity contribution in [2.45, 2.75) is 65.0 Å². The Bertz CT molecular complexity index is 115. The first-order valence-corrected chi connectivity index (χ1v) is 7.28. The topological polar surface area (TPSA) is 0 Å². The molecule has 0 aromatic carbocycles. The van der Waals surface area contributed by atoms with Gasteiger partial charge in [-0.15, -0.1) is 0 Å². The molecule has 0 aliphatic heterocycles. The van der Waals surface area contributed by atoms with Gasteiger partial charge in [0.05, 0.1) is 0 Å². The van der Waals surface area contributed by atoms with Crippen molar-refractivity contribution >= 4 is 8.58 Å². The predicted molar refractivity (Wildman–Crippen MR) is 66.3 cm³/mol. The molecule has 86 valence electrons. The molecule has 0 saturated heterocycles. The Labute approximate surface area is 90.8 Å². The summed E-state index contributed by atoms with van der Waals surface area (Å²) in [6, 6.07) is 0. The van der Waals surface area contributed by atoms with E-state index < -0.39 is 0 Å². The van der Waals surface area contributed by atoms with Crippen molar-refractivity contribution < 1.29 is 4.39 Å². The van der Waals surface area contributed by atoms with Gasteiger partial charge in [-0.3, -0.25) is 0 Å². The van der Waals surface area contributed by atoms with E-state index in [4.69, 9.17) is 0 Å². The van der Waals surface area contributed by atoms with Crippen molar-refractivity contribution in [3.05, 3.63) is 0 Å². The molecule has 0 saturated carbocycles. The number of halogens is 1. The van der Waals surface area contributed by atoms with E-state index in [2.05, 4.69) is 20.8 Å². The van der Waals surface area contributed by atoms with Crippen LogP contribution in [0.4, 0.5) is 4.39 Å². The Morgan fingerprint density at radius 3 is 2.36 bits per heavy atom. The van der Waals surface area contributed by atoms with Gasteiger partial charge in [-0.1, -0.05) is 55.0 Å². The van der Waals surface area contributed by atoms with Crippen LogP contribution in [0, 0.1) is 5.92 Å². The average Bonchev–Trinajstić information content (AvgIpc) is 2.12. The molecule has 0 N–H and O–H groups in total. The van der Waals surface area contributed by atoms with Gasteiger partial charge in [-0.25, -0.2) is 4.39 Å². The summed E-state index contributed by atoms with van der Waals surface area (Å²) in [7, 11) is 0.544. The van der Waals surface area contributed by atoms with Crippen LogP contribution in [-0.2, 0) is 0 Å². The lowest BCUT2D eigenvalue weighted by Crippen LogP contribution is -2.05. The van der Waals surface area contributed by atoms with E-state index in [-0.39, 0.29) is 6.42 Å². The summed E-state index contributed by atoms with van der Waals surface area (Å²) in [6.07, 6.45) is 7.63. The Morgan fingerprint density at radius 1 is 1.14 bits per heavy atom. The van der Waals surface area contributed by atoms with Crippen molar-refractivity contribution in [2.75, 3.05) is 6.42 Å². The highest BCUT2D eigenvalue weighted by molar-refractivity contribution is 7.38. The van der Waals surface area contributed by atoms with E-state index in [1.54, 1.807) is 0 Å². The lowest BCUT2D eigenvalue weighted by molar-refractivity contribution is 0.516. The molecule has 0 aromatic heterocycles. The number of hydrogen-bond acceptors (Lipinski definition) is 0. The van der Waals surface area contributed by atoms with Crippen LogP contribution in [0.3, 0.4) is 0 Å². The van der Waals surface area contributed by atoms with Crippen molar-refractivity contribution in [1.82, 2.24) is 0 Å². The smallest absolute Gasteiger partial charge is 0.106 e. The molecule has 0 aromatic rings. The van der Waals surface area contributed by atoms with Crippen LogP contribution >= 0.6 is 8.58 Å². The van der Waals surface area contributed by atoms with Gasteiger partial charge in [0.2, 0.25) is 0 Å². The average molecular weight is 220 g/mol. The Balaban J connectivity index is 3.51. The van der Waals surface area contributed by atoms with E-state index in [1.807, 2.05) is 0 Å². The van der Waals surface area contributed by atoms with Crippen LogP contribution in [0.25, 0.3) is 0 Å². The molecule has 14 heavy (non-hydrogen) atoms. The summed E-state index contributed by atoms with van der Waals surface area (Å²) >= 11 is 0. The number of unbranched alkanes of at least 4 members (excludes halogenated alkanes) is 3. The lowest BCUT2D eigenvalue weighted by atomic mass is 10.0. The zero-order chi connectivity index (χ0) is 10.8. The Morgan fingerprint density at radius 2 is 1.86 bits per heavy atom. The predicted octanol–water partition coefficient (Wildman–Crippen LogP) is 4.98. The van der Waals surface area contributed by atoms with E-state index in [1.165, 1.54) is 38.5 Å². The third-order valence-corrected chi connectivity index (χ3v) is 3.78. The second kappa shape index (κ2) is 9.90. The van der Waals surface area contributed by atoms with Crippen LogP contribution in [0.15, 0.2) is 0 Å². The van der Waals surface area contributed by atoms with Crippen molar-refractivity contribution in [3.63, 3.8) is 0 Å². The first-order valence-electron chi connectivity index (χ1n) is 6.00. The zero-order valence-corrected chi connectivity index (χ0v) is 11.0. The van der Waals surface area contributed by atoms with Crippen LogP contribution in [0.1, 0.15) is 59.3 Å². The summed E-state index contributed by atoms with van der Waals surface area (Å²) < 4.78 is 12.3. The highest BCUT2D eigenvalue weighted by Crippen LogP contribution is 2.29. The minimum Gasteiger partial charge on any atom is -0.246 e. The third kappa shape index (κ3) is 8.94. The molecule has 0 fully saturated rings. The van der Waals surface area contributed by atoms with Gasteiger partial charge in [0.15, 0.2) is 0 Å². The third-order valence-electron chi connectivity index (χ3n) is 2.53. The van der Waals surface area contributed by atoms with Crippen molar-refractivity contribution in [3.8, 4) is 0 Å². The van der Waals surface area contributed by atoms with Gasteiger partial charge in [0.25, 0.3) is 0 Å². The fraction of sp³-hybridized carbons (Fsp3) is 1.00.